The number of hydrogen-bond acceptors (Lipinski definition) is 3. The molecule has 0 saturated heterocycles. The third-order valence-electron chi connectivity index (χ3n) is 3.09. The lowest BCUT2D eigenvalue weighted by molar-refractivity contribution is 0.574. The molecule has 0 aliphatic carbocycles. The van der Waals surface area contributed by atoms with Crippen LogP contribution in [0.5, 0.6) is 0 Å². The van der Waals surface area contributed by atoms with Gasteiger partial charge in [0.25, 0.3) is 5.56 Å². The smallest absolute Gasteiger partial charge is 0.266 e. The van der Waals surface area contributed by atoms with Gasteiger partial charge in [0.15, 0.2) is 0 Å². The number of halogens is 1. The third-order valence-corrected chi connectivity index (χ3v) is 4.77. The Bertz CT molecular complexity index is 772. The van der Waals surface area contributed by atoms with Crippen LogP contribution in [0.3, 0.4) is 0 Å². The van der Waals surface area contributed by atoms with Gasteiger partial charge in [-0.15, -0.1) is 0 Å². The second-order valence-electron chi connectivity index (χ2n) is 4.68. The largest absolute Gasteiger partial charge is 0.326 e. The Morgan fingerprint density at radius 3 is 2.57 bits per heavy atom. The van der Waals surface area contributed by atoms with E-state index in [0.717, 1.165) is 17.8 Å². The first-order chi connectivity index (χ1) is 9.90. The monoisotopic (exact) mass is 326 g/mol. The number of hydrogen-bond donors (Lipinski definition) is 2. The number of benzene rings is 1. The van der Waals surface area contributed by atoms with Crippen molar-refractivity contribution in [2.45, 2.75) is 17.7 Å². The van der Waals surface area contributed by atoms with Crippen LogP contribution in [-0.2, 0) is 10.0 Å². The van der Waals surface area contributed by atoms with Crippen molar-refractivity contribution in [1.82, 2.24) is 9.71 Å². The van der Waals surface area contributed by atoms with E-state index in [2.05, 4.69) is 9.71 Å². The molecule has 0 amide bonds. The van der Waals surface area contributed by atoms with E-state index in [4.69, 9.17) is 11.6 Å². The van der Waals surface area contributed by atoms with Crippen molar-refractivity contribution in [3.63, 3.8) is 0 Å². The molecule has 21 heavy (non-hydrogen) atoms. The molecule has 0 radical (unpaired) electrons. The average Bonchev–Trinajstić information content (AvgIpc) is 2.48. The minimum absolute atomic E-state index is 0.0270. The summed E-state index contributed by atoms with van der Waals surface area (Å²) in [6.07, 6.45) is 1.13. The summed E-state index contributed by atoms with van der Waals surface area (Å²) in [5.74, 6) is 0.0270. The van der Waals surface area contributed by atoms with Crippen LogP contribution in [0.15, 0.2) is 52.3 Å². The average molecular weight is 327 g/mol. The number of nitrogens with one attached hydrogen (secondary N) is 2. The van der Waals surface area contributed by atoms with Crippen molar-refractivity contribution >= 4 is 21.6 Å². The van der Waals surface area contributed by atoms with Crippen LogP contribution in [0.2, 0.25) is 5.02 Å². The van der Waals surface area contributed by atoms with Gasteiger partial charge in [-0.05, 0) is 17.5 Å². The standard InChI is InChI=1S/C14H15ClN2O3S/c1-10(11-5-3-2-4-6-11)8-17-21(19,20)12-7-13(15)14(18)16-9-12/h2-7,9-10,17H,8H2,1H3,(H,16,18). The molecular formula is C14H15ClN2O3S. The number of aromatic amines is 1. The van der Waals surface area contributed by atoms with E-state index in [1.54, 1.807) is 0 Å². The first kappa shape index (κ1) is 15.8. The molecule has 0 saturated carbocycles. The molecule has 2 aromatic rings. The van der Waals surface area contributed by atoms with Gasteiger partial charge in [0.05, 0.1) is 4.90 Å². The Balaban J connectivity index is 2.11. The molecule has 2 N–H and O–H groups in total. The van der Waals surface area contributed by atoms with Crippen LogP contribution in [0.4, 0.5) is 0 Å². The molecule has 1 unspecified atom stereocenters. The summed E-state index contributed by atoms with van der Waals surface area (Å²) >= 11 is 5.64. The van der Waals surface area contributed by atoms with Gasteiger partial charge in [0.2, 0.25) is 10.0 Å². The van der Waals surface area contributed by atoms with Gasteiger partial charge >= 0.3 is 0 Å². The van der Waals surface area contributed by atoms with Gasteiger partial charge < -0.3 is 4.98 Å². The highest BCUT2D eigenvalue weighted by Gasteiger charge is 2.17. The van der Waals surface area contributed by atoms with E-state index in [9.17, 15) is 13.2 Å². The van der Waals surface area contributed by atoms with Gasteiger partial charge in [-0.25, -0.2) is 13.1 Å². The molecule has 0 spiro atoms. The van der Waals surface area contributed by atoms with E-state index in [-0.39, 0.29) is 22.4 Å². The van der Waals surface area contributed by atoms with Crippen LogP contribution in [-0.4, -0.2) is 19.9 Å². The highest BCUT2D eigenvalue weighted by Crippen LogP contribution is 2.15. The number of pyridine rings is 1. The maximum absolute atomic E-state index is 12.1. The number of sulfonamides is 1. The molecule has 1 heterocycles. The Labute approximate surface area is 128 Å². The first-order valence-corrected chi connectivity index (χ1v) is 8.19. The molecule has 5 nitrogen and oxygen atoms in total. The highest BCUT2D eigenvalue weighted by molar-refractivity contribution is 7.89. The topological polar surface area (TPSA) is 79.0 Å². The lowest BCUT2D eigenvalue weighted by Crippen LogP contribution is -2.28. The van der Waals surface area contributed by atoms with Gasteiger partial charge in [0.1, 0.15) is 5.02 Å². The summed E-state index contributed by atoms with van der Waals surface area (Å²) in [5, 5.41) is -0.158. The van der Waals surface area contributed by atoms with Crippen LogP contribution >= 0.6 is 11.6 Å². The van der Waals surface area contributed by atoms with E-state index >= 15 is 0 Å². The van der Waals surface area contributed by atoms with Crippen LogP contribution in [0.25, 0.3) is 0 Å². The Hall–Kier alpha value is -1.63. The number of rotatable bonds is 5. The third kappa shape index (κ3) is 3.93. The molecule has 0 bridgehead atoms. The highest BCUT2D eigenvalue weighted by atomic mass is 35.5. The van der Waals surface area contributed by atoms with Crippen molar-refractivity contribution in [3.8, 4) is 0 Å². The van der Waals surface area contributed by atoms with Crippen LogP contribution in [0.1, 0.15) is 18.4 Å². The number of aromatic nitrogens is 1. The fourth-order valence-corrected chi connectivity index (χ4v) is 3.17. The zero-order chi connectivity index (χ0) is 15.5. The summed E-state index contributed by atoms with van der Waals surface area (Å²) in [5.41, 5.74) is 0.521. The quantitative estimate of drug-likeness (QED) is 0.883. The summed E-state index contributed by atoms with van der Waals surface area (Å²) < 4.78 is 26.8. The fourth-order valence-electron chi connectivity index (χ4n) is 1.81. The normalized spacial score (nSPS) is 13.0. The first-order valence-electron chi connectivity index (χ1n) is 6.33. The van der Waals surface area contributed by atoms with Crippen LogP contribution in [0, 0.1) is 0 Å². The molecular weight excluding hydrogens is 312 g/mol. The van der Waals surface area contributed by atoms with Gasteiger partial charge in [-0.1, -0.05) is 48.9 Å². The fraction of sp³-hybridized carbons (Fsp3) is 0.214. The number of H-pyrrole nitrogens is 1. The van der Waals surface area contributed by atoms with E-state index in [0.29, 0.717) is 0 Å². The SMILES string of the molecule is CC(CNS(=O)(=O)c1c[nH]c(=O)c(Cl)c1)c1ccccc1. The van der Waals surface area contributed by atoms with Crippen molar-refractivity contribution in [2.75, 3.05) is 6.54 Å². The minimum atomic E-state index is -3.71. The predicted molar refractivity (Wildman–Crippen MR) is 82.1 cm³/mol. The maximum atomic E-state index is 12.1. The zero-order valence-corrected chi connectivity index (χ0v) is 12.9. The van der Waals surface area contributed by atoms with Gasteiger partial charge in [-0.3, -0.25) is 4.79 Å². The Morgan fingerprint density at radius 1 is 1.29 bits per heavy atom. The van der Waals surface area contributed by atoms with Crippen LogP contribution < -0.4 is 10.3 Å². The molecule has 1 aromatic heterocycles. The predicted octanol–water partition coefficient (Wildman–Crippen LogP) is 2.11. The summed E-state index contributed by atoms with van der Waals surface area (Å²) in [6.45, 7) is 2.18. The summed E-state index contributed by atoms with van der Waals surface area (Å²) in [4.78, 5) is 13.4. The van der Waals surface area contributed by atoms with Crippen molar-refractivity contribution in [2.24, 2.45) is 0 Å². The van der Waals surface area contributed by atoms with Crippen molar-refractivity contribution in [1.29, 1.82) is 0 Å². The molecule has 0 aliphatic heterocycles. The zero-order valence-electron chi connectivity index (χ0n) is 11.3. The summed E-state index contributed by atoms with van der Waals surface area (Å²) in [7, 11) is -3.71. The Morgan fingerprint density at radius 2 is 1.95 bits per heavy atom. The van der Waals surface area contributed by atoms with E-state index < -0.39 is 15.6 Å². The van der Waals surface area contributed by atoms with Crippen molar-refractivity contribution < 1.29 is 8.42 Å². The molecule has 1 aromatic carbocycles. The maximum Gasteiger partial charge on any atom is 0.266 e. The minimum Gasteiger partial charge on any atom is -0.326 e. The molecule has 1 atom stereocenters. The molecule has 7 heteroatoms. The molecule has 0 aliphatic rings. The van der Waals surface area contributed by atoms with E-state index in [1.165, 1.54) is 0 Å². The van der Waals surface area contributed by atoms with Gasteiger partial charge in [0, 0.05) is 12.7 Å². The summed E-state index contributed by atoms with van der Waals surface area (Å²) in [6, 6.07) is 10.7. The van der Waals surface area contributed by atoms with E-state index in [1.807, 2.05) is 37.3 Å². The lowest BCUT2D eigenvalue weighted by Gasteiger charge is -2.13. The lowest BCUT2D eigenvalue weighted by atomic mass is 10.0. The molecule has 2 rings (SSSR count). The van der Waals surface area contributed by atoms with Gasteiger partial charge in [-0.2, -0.15) is 0 Å². The second-order valence-corrected chi connectivity index (χ2v) is 6.85. The molecule has 112 valence electrons. The molecule has 0 fully saturated rings. The second kappa shape index (κ2) is 6.43. The van der Waals surface area contributed by atoms with Crippen molar-refractivity contribution in [3.05, 3.63) is 63.5 Å². The Kier molecular flexibility index (Phi) is 4.82.